The van der Waals surface area contributed by atoms with Crippen LogP contribution in [-0.2, 0) is 6.42 Å². The monoisotopic (exact) mass is 389 g/mol. The molecule has 0 radical (unpaired) electrons. The van der Waals surface area contributed by atoms with Crippen molar-refractivity contribution in [1.82, 2.24) is 10.2 Å². The normalized spacial score (nSPS) is 10.8. The van der Waals surface area contributed by atoms with E-state index in [-0.39, 0.29) is 11.6 Å². The first-order chi connectivity index (χ1) is 13.0. The highest BCUT2D eigenvalue weighted by Gasteiger charge is 2.09. The molecule has 0 saturated carbocycles. The summed E-state index contributed by atoms with van der Waals surface area (Å²) in [4.78, 5) is 24.6. The number of nitrogens with one attached hydrogen (secondary N) is 1. The number of carbonyl (C=O) groups excluding carboxylic acids is 1. The molecule has 2 rings (SSSR count). The third-order valence-corrected chi connectivity index (χ3v) is 4.61. The van der Waals surface area contributed by atoms with Crippen LogP contribution in [0.4, 0.5) is 5.69 Å². The van der Waals surface area contributed by atoms with Gasteiger partial charge in [0.15, 0.2) is 0 Å². The summed E-state index contributed by atoms with van der Waals surface area (Å²) in [5.41, 5.74) is 1.66. The Hall–Kier alpha value is -2.44. The topological polar surface area (TPSA) is 75.5 Å². The Morgan fingerprint density at radius 3 is 2.37 bits per heavy atom. The van der Waals surface area contributed by atoms with Crippen LogP contribution < -0.4 is 5.32 Å². The van der Waals surface area contributed by atoms with Gasteiger partial charge in [-0.1, -0.05) is 30.7 Å². The number of nitro benzene ring substituents is 1. The van der Waals surface area contributed by atoms with E-state index in [2.05, 4.69) is 17.1 Å². The zero-order valence-electron chi connectivity index (χ0n) is 15.4. The average Bonchev–Trinajstić information content (AvgIpc) is 2.68. The molecule has 0 spiro atoms. The molecule has 0 fully saturated rings. The molecule has 144 valence electrons. The van der Waals surface area contributed by atoms with Crippen LogP contribution in [0.5, 0.6) is 0 Å². The molecule has 6 nitrogen and oxygen atoms in total. The fourth-order valence-corrected chi connectivity index (χ4v) is 2.83. The van der Waals surface area contributed by atoms with Crippen molar-refractivity contribution in [2.24, 2.45) is 0 Å². The Labute approximate surface area is 164 Å². The van der Waals surface area contributed by atoms with Crippen molar-refractivity contribution >= 4 is 23.2 Å². The molecule has 2 aromatic rings. The van der Waals surface area contributed by atoms with Crippen LogP contribution in [0.3, 0.4) is 0 Å². The van der Waals surface area contributed by atoms with Crippen LogP contribution in [0.15, 0.2) is 48.5 Å². The highest BCUT2D eigenvalue weighted by molar-refractivity contribution is 6.30. The van der Waals surface area contributed by atoms with Gasteiger partial charge in [0.05, 0.1) is 4.92 Å². The molecule has 0 heterocycles. The molecule has 0 bridgehead atoms. The first-order valence-corrected chi connectivity index (χ1v) is 9.37. The highest BCUT2D eigenvalue weighted by Crippen LogP contribution is 2.12. The third-order valence-electron chi connectivity index (χ3n) is 4.35. The van der Waals surface area contributed by atoms with E-state index in [1.165, 1.54) is 29.8 Å². The van der Waals surface area contributed by atoms with E-state index >= 15 is 0 Å². The number of amides is 1. The zero-order valence-corrected chi connectivity index (χ0v) is 16.1. The Bertz CT molecular complexity index is 748. The molecule has 0 atom stereocenters. The van der Waals surface area contributed by atoms with E-state index in [1.54, 1.807) is 0 Å². The predicted octanol–water partition coefficient (Wildman–Crippen LogP) is 3.93. The second-order valence-corrected chi connectivity index (χ2v) is 6.66. The second-order valence-electron chi connectivity index (χ2n) is 6.22. The van der Waals surface area contributed by atoms with Crippen LogP contribution in [0.1, 0.15) is 29.3 Å². The van der Waals surface area contributed by atoms with Crippen molar-refractivity contribution in [3.05, 3.63) is 74.8 Å². The number of nitro groups is 1. The van der Waals surface area contributed by atoms with E-state index in [4.69, 9.17) is 11.6 Å². The minimum absolute atomic E-state index is 0.0224. The van der Waals surface area contributed by atoms with Gasteiger partial charge in [-0.05, 0) is 55.8 Å². The maximum absolute atomic E-state index is 12.1. The maximum Gasteiger partial charge on any atom is 0.269 e. The molecule has 0 aliphatic carbocycles. The van der Waals surface area contributed by atoms with Gasteiger partial charge < -0.3 is 10.2 Å². The van der Waals surface area contributed by atoms with Crippen LogP contribution in [0.25, 0.3) is 0 Å². The summed E-state index contributed by atoms with van der Waals surface area (Å²) in [5.74, 6) is -0.214. The number of benzene rings is 2. The molecular formula is C20H24ClN3O3. The maximum atomic E-state index is 12.1. The quantitative estimate of drug-likeness (QED) is 0.379. The van der Waals surface area contributed by atoms with Gasteiger partial charge in [0.25, 0.3) is 11.6 Å². The standard InChI is InChI=1S/C20H24ClN3O3/c1-2-23(15-12-16-4-8-18(21)9-5-16)14-3-13-22-20(25)17-6-10-19(11-7-17)24(26)27/h4-11H,2-3,12-15H2,1H3,(H,22,25). The van der Waals surface area contributed by atoms with E-state index < -0.39 is 4.92 Å². The Morgan fingerprint density at radius 1 is 1.11 bits per heavy atom. The summed E-state index contributed by atoms with van der Waals surface area (Å²) < 4.78 is 0. The van der Waals surface area contributed by atoms with Gasteiger partial charge in [-0.3, -0.25) is 14.9 Å². The van der Waals surface area contributed by atoms with Crippen LogP contribution in [-0.4, -0.2) is 41.9 Å². The lowest BCUT2D eigenvalue weighted by Crippen LogP contribution is -2.31. The summed E-state index contributed by atoms with van der Waals surface area (Å²) in [6.07, 6.45) is 1.80. The SMILES string of the molecule is CCN(CCCNC(=O)c1ccc([N+](=O)[O-])cc1)CCc1ccc(Cl)cc1. The molecule has 0 aliphatic rings. The lowest BCUT2D eigenvalue weighted by atomic mass is 10.1. The summed E-state index contributed by atoms with van der Waals surface area (Å²) >= 11 is 5.90. The molecule has 0 saturated heterocycles. The minimum Gasteiger partial charge on any atom is -0.352 e. The number of carbonyl (C=O) groups is 1. The number of hydrogen-bond acceptors (Lipinski definition) is 4. The van der Waals surface area contributed by atoms with E-state index in [0.717, 1.165) is 37.5 Å². The van der Waals surface area contributed by atoms with Crippen molar-refractivity contribution in [2.75, 3.05) is 26.2 Å². The van der Waals surface area contributed by atoms with Gasteiger partial charge in [-0.25, -0.2) is 0 Å². The van der Waals surface area contributed by atoms with Crippen LogP contribution in [0, 0.1) is 10.1 Å². The summed E-state index contributed by atoms with van der Waals surface area (Å²) in [6.45, 7) is 5.48. The van der Waals surface area contributed by atoms with Gasteiger partial charge in [0, 0.05) is 35.8 Å². The van der Waals surface area contributed by atoms with E-state index in [1.807, 2.05) is 24.3 Å². The van der Waals surface area contributed by atoms with Crippen molar-refractivity contribution in [3.8, 4) is 0 Å². The van der Waals surface area contributed by atoms with Crippen molar-refractivity contribution in [2.45, 2.75) is 19.8 Å². The van der Waals surface area contributed by atoms with Crippen LogP contribution >= 0.6 is 11.6 Å². The van der Waals surface area contributed by atoms with Gasteiger partial charge >= 0.3 is 0 Å². The van der Waals surface area contributed by atoms with Gasteiger partial charge in [0.2, 0.25) is 0 Å². The molecule has 1 N–H and O–H groups in total. The van der Waals surface area contributed by atoms with E-state index in [0.29, 0.717) is 12.1 Å². The van der Waals surface area contributed by atoms with Gasteiger partial charge in [0.1, 0.15) is 0 Å². The fourth-order valence-electron chi connectivity index (χ4n) is 2.71. The number of rotatable bonds is 10. The molecule has 0 unspecified atom stereocenters. The average molecular weight is 390 g/mol. The number of halogens is 1. The van der Waals surface area contributed by atoms with Gasteiger partial charge in [-0.15, -0.1) is 0 Å². The Balaban J connectivity index is 1.69. The molecular weight excluding hydrogens is 366 g/mol. The number of hydrogen-bond donors (Lipinski definition) is 1. The molecule has 7 heteroatoms. The molecule has 2 aromatic carbocycles. The third kappa shape index (κ3) is 7.00. The largest absolute Gasteiger partial charge is 0.352 e. The first kappa shape index (κ1) is 20.9. The summed E-state index contributed by atoms with van der Waals surface area (Å²) in [7, 11) is 0. The minimum atomic E-state index is -0.481. The zero-order chi connectivity index (χ0) is 19.6. The number of likely N-dealkylation sites (N-methyl/N-ethyl adjacent to an activating group) is 1. The Morgan fingerprint density at radius 2 is 1.78 bits per heavy atom. The van der Waals surface area contributed by atoms with Crippen molar-refractivity contribution in [1.29, 1.82) is 0 Å². The Kier molecular flexibility index (Phi) is 8.23. The van der Waals surface area contributed by atoms with Gasteiger partial charge in [-0.2, -0.15) is 0 Å². The number of non-ortho nitro benzene ring substituents is 1. The lowest BCUT2D eigenvalue weighted by Gasteiger charge is -2.20. The fraction of sp³-hybridized carbons (Fsp3) is 0.350. The van der Waals surface area contributed by atoms with Crippen LogP contribution in [0.2, 0.25) is 5.02 Å². The lowest BCUT2D eigenvalue weighted by molar-refractivity contribution is -0.384. The smallest absolute Gasteiger partial charge is 0.269 e. The first-order valence-electron chi connectivity index (χ1n) is 8.99. The number of nitrogens with zero attached hydrogens (tertiary/aromatic N) is 2. The predicted molar refractivity (Wildman–Crippen MR) is 107 cm³/mol. The highest BCUT2D eigenvalue weighted by atomic mass is 35.5. The molecule has 0 aliphatic heterocycles. The van der Waals surface area contributed by atoms with Crippen molar-refractivity contribution < 1.29 is 9.72 Å². The summed E-state index contributed by atoms with van der Waals surface area (Å²) in [5, 5.41) is 14.2. The van der Waals surface area contributed by atoms with E-state index in [9.17, 15) is 14.9 Å². The second kappa shape index (κ2) is 10.6. The molecule has 0 aromatic heterocycles. The van der Waals surface area contributed by atoms with Crippen molar-refractivity contribution in [3.63, 3.8) is 0 Å². The summed E-state index contributed by atoms with van der Waals surface area (Å²) in [6, 6.07) is 13.5. The molecule has 1 amide bonds. The molecule has 27 heavy (non-hydrogen) atoms.